The first-order valence-electron chi connectivity index (χ1n) is 9.49. The summed E-state index contributed by atoms with van der Waals surface area (Å²) >= 11 is 0. The molecule has 0 heterocycles. The topological polar surface area (TPSA) is 64.3 Å². The quantitative estimate of drug-likeness (QED) is 0.467. The lowest BCUT2D eigenvalue weighted by molar-refractivity contribution is -0.117. The zero-order valence-electron chi connectivity index (χ0n) is 17.0. The van der Waals surface area contributed by atoms with Crippen molar-refractivity contribution in [3.05, 3.63) is 95.0 Å². The van der Waals surface area contributed by atoms with Gasteiger partial charge in [0.05, 0.1) is 5.57 Å². The van der Waals surface area contributed by atoms with Gasteiger partial charge in [0.1, 0.15) is 17.3 Å². The molecule has 4 nitrogen and oxygen atoms in total. The van der Waals surface area contributed by atoms with Gasteiger partial charge >= 0.3 is 0 Å². The van der Waals surface area contributed by atoms with Gasteiger partial charge in [0.25, 0.3) is 5.91 Å². The maximum Gasteiger partial charge on any atom is 0.253 e. The van der Waals surface area contributed by atoms with Crippen molar-refractivity contribution in [1.29, 1.82) is 0 Å². The van der Waals surface area contributed by atoms with Crippen molar-refractivity contribution in [2.24, 2.45) is 5.73 Å². The first kappa shape index (κ1) is 22.0. The van der Waals surface area contributed by atoms with Gasteiger partial charge in [-0.1, -0.05) is 42.8 Å². The van der Waals surface area contributed by atoms with Crippen LogP contribution in [0.25, 0.3) is 0 Å². The van der Waals surface area contributed by atoms with E-state index < -0.39 is 0 Å². The Bertz CT molecular complexity index is 941. The number of nitrogens with two attached hydrogens (primary N) is 1. The Morgan fingerprint density at radius 3 is 2.48 bits per heavy atom. The fraction of sp³-hybridized carbons (Fsp3) is 0.208. The Kier molecular flexibility index (Phi) is 8.22. The minimum atomic E-state index is -0.362. The van der Waals surface area contributed by atoms with Crippen molar-refractivity contribution in [2.75, 3.05) is 0 Å². The molecule has 0 bridgehead atoms. The van der Waals surface area contributed by atoms with E-state index in [1.807, 2.05) is 31.2 Å². The molecule has 0 aliphatic carbocycles. The highest BCUT2D eigenvalue weighted by Crippen LogP contribution is 2.22. The number of carbonyl (C=O) groups is 1. The molecule has 0 unspecified atom stereocenters. The summed E-state index contributed by atoms with van der Waals surface area (Å²) in [5, 5.41) is 2.87. The van der Waals surface area contributed by atoms with Crippen LogP contribution in [0.15, 0.2) is 83.6 Å². The van der Waals surface area contributed by atoms with Crippen molar-refractivity contribution < 1.29 is 13.9 Å². The zero-order chi connectivity index (χ0) is 21.2. The number of hydrogen-bond donors (Lipinski definition) is 2. The van der Waals surface area contributed by atoms with E-state index in [-0.39, 0.29) is 11.7 Å². The van der Waals surface area contributed by atoms with Crippen LogP contribution < -0.4 is 15.8 Å². The Morgan fingerprint density at radius 1 is 1.14 bits per heavy atom. The predicted molar refractivity (Wildman–Crippen MR) is 115 cm³/mol. The number of benzene rings is 2. The lowest BCUT2D eigenvalue weighted by atomic mass is 10.1. The van der Waals surface area contributed by atoms with Gasteiger partial charge in [0, 0.05) is 18.3 Å². The minimum absolute atomic E-state index is 0.250. The first-order chi connectivity index (χ1) is 13.9. The molecule has 3 N–H and O–H groups in total. The summed E-state index contributed by atoms with van der Waals surface area (Å²) in [5.41, 5.74) is 8.82. The summed E-state index contributed by atoms with van der Waals surface area (Å²) in [6.45, 7) is 6.11. The van der Waals surface area contributed by atoms with E-state index >= 15 is 0 Å². The van der Waals surface area contributed by atoms with E-state index in [0.29, 0.717) is 29.3 Å². The zero-order valence-corrected chi connectivity index (χ0v) is 17.0. The third kappa shape index (κ3) is 7.30. The fourth-order valence-electron chi connectivity index (χ4n) is 2.48. The van der Waals surface area contributed by atoms with Crippen LogP contribution in [0.2, 0.25) is 0 Å². The molecule has 2 aromatic carbocycles. The van der Waals surface area contributed by atoms with E-state index in [9.17, 15) is 9.18 Å². The Labute approximate surface area is 171 Å². The molecule has 0 aliphatic rings. The molecule has 0 aliphatic heterocycles. The number of halogens is 1. The number of rotatable bonds is 8. The molecule has 152 valence electrons. The molecule has 0 radical (unpaired) electrons. The summed E-state index contributed by atoms with van der Waals surface area (Å²) in [4.78, 5) is 12.5. The highest BCUT2D eigenvalue weighted by Gasteiger charge is 2.09. The lowest BCUT2D eigenvalue weighted by Crippen LogP contribution is -2.25. The number of allylic oxidation sites excluding steroid dienone is 4. The second-order valence-corrected chi connectivity index (χ2v) is 6.71. The summed E-state index contributed by atoms with van der Waals surface area (Å²) in [7, 11) is 0. The molecule has 0 spiro atoms. The van der Waals surface area contributed by atoms with Gasteiger partial charge in [-0.2, -0.15) is 0 Å². The molecule has 0 aromatic heterocycles. The van der Waals surface area contributed by atoms with Gasteiger partial charge in [0.15, 0.2) is 0 Å². The van der Waals surface area contributed by atoms with Crippen LogP contribution in [0.5, 0.6) is 11.5 Å². The molecule has 0 atom stereocenters. The van der Waals surface area contributed by atoms with Gasteiger partial charge < -0.3 is 15.8 Å². The van der Waals surface area contributed by atoms with Crippen molar-refractivity contribution in [2.45, 2.75) is 33.7 Å². The van der Waals surface area contributed by atoms with E-state index in [1.54, 1.807) is 37.3 Å². The molecule has 0 fully saturated rings. The molecule has 2 aromatic rings. The summed E-state index contributed by atoms with van der Waals surface area (Å²) in [5.74, 6) is 0.364. The Balaban J connectivity index is 2.02. The summed E-state index contributed by atoms with van der Waals surface area (Å²) in [6.07, 6.45) is 6.46. The lowest BCUT2D eigenvalue weighted by Gasteiger charge is -2.10. The number of nitrogens with one attached hydrogen (secondary N) is 1. The van der Waals surface area contributed by atoms with Gasteiger partial charge in [-0.05, 0) is 56.2 Å². The molecular weight excluding hydrogens is 367 g/mol. The van der Waals surface area contributed by atoms with Crippen LogP contribution in [-0.4, -0.2) is 5.91 Å². The third-order valence-corrected chi connectivity index (χ3v) is 4.25. The number of carbonyl (C=O) groups excluding carboxylic acids is 1. The van der Waals surface area contributed by atoms with Gasteiger partial charge in [-0.3, -0.25) is 4.79 Å². The predicted octanol–water partition coefficient (Wildman–Crippen LogP) is 5.38. The Hall–Kier alpha value is -3.34. The largest absolute Gasteiger partial charge is 0.457 e. The average molecular weight is 394 g/mol. The highest BCUT2D eigenvalue weighted by atomic mass is 19.1. The first-order valence-corrected chi connectivity index (χ1v) is 9.49. The van der Waals surface area contributed by atoms with Crippen LogP contribution in [0, 0.1) is 5.82 Å². The second kappa shape index (κ2) is 10.9. The van der Waals surface area contributed by atoms with E-state index in [4.69, 9.17) is 10.5 Å². The second-order valence-electron chi connectivity index (χ2n) is 6.71. The molecule has 1 amide bonds. The fourth-order valence-corrected chi connectivity index (χ4v) is 2.48. The number of amides is 1. The van der Waals surface area contributed by atoms with Gasteiger partial charge in [-0.25, -0.2) is 4.39 Å². The number of hydrogen-bond acceptors (Lipinski definition) is 3. The molecule has 0 saturated heterocycles. The molecule has 5 heteroatoms. The number of ether oxygens (including phenoxy) is 1. The highest BCUT2D eigenvalue weighted by molar-refractivity contribution is 5.96. The molecular formula is C24H27FN2O2. The maximum absolute atomic E-state index is 13.3. The molecule has 2 rings (SSSR count). The van der Waals surface area contributed by atoms with Crippen LogP contribution in [0.1, 0.15) is 32.8 Å². The monoisotopic (exact) mass is 394 g/mol. The van der Waals surface area contributed by atoms with Crippen LogP contribution in [-0.2, 0) is 11.3 Å². The SMILES string of the molecule is CCC(C)=C/C=C\C(C(=O)NCc1cccc(Oc2cccc(F)c2)c1)=C(/C)N. The van der Waals surface area contributed by atoms with Crippen LogP contribution in [0.4, 0.5) is 4.39 Å². The van der Waals surface area contributed by atoms with Crippen molar-refractivity contribution in [3.8, 4) is 11.5 Å². The third-order valence-electron chi connectivity index (χ3n) is 4.25. The van der Waals surface area contributed by atoms with Crippen LogP contribution in [0.3, 0.4) is 0 Å². The average Bonchev–Trinajstić information content (AvgIpc) is 2.69. The van der Waals surface area contributed by atoms with E-state index in [1.165, 1.54) is 17.7 Å². The van der Waals surface area contributed by atoms with Crippen molar-refractivity contribution in [1.82, 2.24) is 5.32 Å². The van der Waals surface area contributed by atoms with Crippen molar-refractivity contribution in [3.63, 3.8) is 0 Å². The maximum atomic E-state index is 13.3. The van der Waals surface area contributed by atoms with Gasteiger partial charge in [-0.15, -0.1) is 0 Å². The van der Waals surface area contributed by atoms with Crippen molar-refractivity contribution >= 4 is 5.91 Å². The van der Waals surface area contributed by atoms with Gasteiger partial charge in [0.2, 0.25) is 0 Å². The summed E-state index contributed by atoms with van der Waals surface area (Å²) < 4.78 is 19.0. The smallest absolute Gasteiger partial charge is 0.253 e. The van der Waals surface area contributed by atoms with E-state index in [0.717, 1.165) is 12.0 Å². The van der Waals surface area contributed by atoms with Crippen LogP contribution >= 0.6 is 0 Å². The summed E-state index contributed by atoms with van der Waals surface area (Å²) in [6, 6.07) is 13.2. The molecule has 0 saturated carbocycles. The minimum Gasteiger partial charge on any atom is -0.457 e. The normalized spacial score (nSPS) is 12.6. The standard InChI is InChI=1S/C24H27FN2O2/c1-4-17(2)8-5-13-23(18(3)26)24(28)27-16-19-9-6-11-21(14-19)29-22-12-7-10-20(25)15-22/h5-15H,4,16,26H2,1-3H3,(H,27,28)/b13-5-,17-8?,23-18-. The van der Waals surface area contributed by atoms with E-state index in [2.05, 4.69) is 12.2 Å². The molecule has 29 heavy (non-hydrogen) atoms. The Morgan fingerprint density at radius 2 is 1.83 bits per heavy atom.